The van der Waals surface area contributed by atoms with Crippen molar-refractivity contribution < 1.29 is 27.9 Å². The molecule has 0 heterocycles. The van der Waals surface area contributed by atoms with Gasteiger partial charge >= 0.3 is 5.97 Å². The number of carbonyl (C=O) groups is 3. The Balaban J connectivity index is 2.18. The van der Waals surface area contributed by atoms with Crippen LogP contribution in [0.1, 0.15) is 20.3 Å². The third kappa shape index (κ3) is 9.04. The minimum absolute atomic E-state index is 0.00474. The monoisotopic (exact) mass is 374 g/mol. The highest BCUT2D eigenvalue weighted by molar-refractivity contribution is 7.99. The molecule has 1 aromatic rings. The maximum absolute atomic E-state index is 13.0. The molecule has 0 radical (unpaired) electrons. The molecule has 0 bridgehead atoms. The first-order valence-corrected chi connectivity index (χ1v) is 8.56. The molecule has 6 nitrogen and oxygen atoms in total. The molecule has 2 N–H and O–H groups in total. The van der Waals surface area contributed by atoms with Crippen LogP contribution >= 0.6 is 11.8 Å². The fraction of sp³-hybridized carbons (Fsp3) is 0.438. The fourth-order valence-corrected chi connectivity index (χ4v) is 2.50. The maximum atomic E-state index is 13.0. The van der Waals surface area contributed by atoms with Crippen molar-refractivity contribution in [3.63, 3.8) is 0 Å². The Morgan fingerprint density at radius 3 is 2.52 bits per heavy atom. The first kappa shape index (κ1) is 20.9. The van der Waals surface area contributed by atoms with Crippen molar-refractivity contribution in [3.8, 4) is 0 Å². The van der Waals surface area contributed by atoms with Crippen LogP contribution in [0.4, 0.5) is 8.78 Å². The van der Waals surface area contributed by atoms with Crippen molar-refractivity contribution in [2.75, 3.05) is 18.9 Å². The molecule has 1 aromatic carbocycles. The zero-order valence-corrected chi connectivity index (χ0v) is 14.8. The summed E-state index contributed by atoms with van der Waals surface area (Å²) >= 11 is 1.16. The van der Waals surface area contributed by atoms with Gasteiger partial charge < -0.3 is 15.4 Å². The van der Waals surface area contributed by atoms with Crippen LogP contribution in [0, 0.1) is 11.6 Å². The molecule has 0 spiro atoms. The summed E-state index contributed by atoms with van der Waals surface area (Å²) in [6, 6.07) is 3.43. The second kappa shape index (κ2) is 10.7. The van der Waals surface area contributed by atoms with E-state index in [2.05, 4.69) is 10.6 Å². The summed E-state index contributed by atoms with van der Waals surface area (Å²) in [5.74, 6) is -3.11. The Bertz CT molecular complexity index is 626. The number of amides is 2. The first-order valence-electron chi connectivity index (χ1n) is 7.57. The van der Waals surface area contributed by atoms with Gasteiger partial charge in [-0.3, -0.25) is 14.4 Å². The summed E-state index contributed by atoms with van der Waals surface area (Å²) in [4.78, 5) is 34.8. The molecule has 0 aliphatic rings. The van der Waals surface area contributed by atoms with Crippen LogP contribution < -0.4 is 10.6 Å². The van der Waals surface area contributed by atoms with E-state index >= 15 is 0 Å². The Morgan fingerprint density at radius 2 is 1.88 bits per heavy atom. The molecule has 0 saturated carbocycles. The number of esters is 1. The number of nitrogens with one attached hydrogen (secondary N) is 2. The van der Waals surface area contributed by atoms with Crippen LogP contribution in [-0.4, -0.2) is 42.7 Å². The van der Waals surface area contributed by atoms with E-state index in [1.165, 1.54) is 6.07 Å². The van der Waals surface area contributed by atoms with Gasteiger partial charge in [-0.15, -0.1) is 11.8 Å². The topological polar surface area (TPSA) is 84.5 Å². The summed E-state index contributed by atoms with van der Waals surface area (Å²) in [5.41, 5.74) is 0. The molecule has 0 fully saturated rings. The molecule has 0 saturated heterocycles. The highest BCUT2D eigenvalue weighted by atomic mass is 32.2. The summed E-state index contributed by atoms with van der Waals surface area (Å²) in [6.45, 7) is 2.91. The van der Waals surface area contributed by atoms with E-state index in [1.807, 2.05) is 0 Å². The Kier molecular flexibility index (Phi) is 8.90. The third-order valence-corrected chi connectivity index (χ3v) is 3.72. The second-order valence-corrected chi connectivity index (χ2v) is 6.50. The van der Waals surface area contributed by atoms with Gasteiger partial charge in [0.2, 0.25) is 5.91 Å². The quantitative estimate of drug-likeness (QED) is 0.507. The largest absolute Gasteiger partial charge is 0.456 e. The number of carbonyl (C=O) groups excluding carboxylic acids is 3. The predicted octanol–water partition coefficient (Wildman–Crippen LogP) is 1.63. The summed E-state index contributed by atoms with van der Waals surface area (Å²) in [5, 5.41) is 4.93. The molecule has 138 valence electrons. The van der Waals surface area contributed by atoms with Crippen LogP contribution in [-0.2, 0) is 19.1 Å². The zero-order chi connectivity index (χ0) is 18.8. The molecule has 0 aliphatic carbocycles. The van der Waals surface area contributed by atoms with Crippen LogP contribution in [0.3, 0.4) is 0 Å². The van der Waals surface area contributed by atoms with Gasteiger partial charge in [0.05, 0.1) is 13.0 Å². The summed E-state index contributed by atoms with van der Waals surface area (Å²) < 4.78 is 30.6. The van der Waals surface area contributed by atoms with Crippen LogP contribution in [0.25, 0.3) is 0 Å². The van der Waals surface area contributed by atoms with Crippen LogP contribution in [0.15, 0.2) is 23.1 Å². The molecule has 0 aliphatic heterocycles. The molecule has 0 aromatic heterocycles. The fourth-order valence-electron chi connectivity index (χ4n) is 1.64. The Morgan fingerprint density at radius 1 is 1.16 bits per heavy atom. The highest BCUT2D eigenvalue weighted by Crippen LogP contribution is 2.21. The van der Waals surface area contributed by atoms with E-state index in [1.54, 1.807) is 13.8 Å². The first-order chi connectivity index (χ1) is 11.8. The van der Waals surface area contributed by atoms with Gasteiger partial charge in [-0.2, -0.15) is 0 Å². The Hall–Kier alpha value is -2.16. The van der Waals surface area contributed by atoms with E-state index < -0.39 is 30.1 Å². The third-order valence-electron chi connectivity index (χ3n) is 2.73. The molecule has 25 heavy (non-hydrogen) atoms. The average molecular weight is 374 g/mol. The van der Waals surface area contributed by atoms with Gasteiger partial charge in [0.25, 0.3) is 5.91 Å². The minimum atomic E-state index is -0.953. The lowest BCUT2D eigenvalue weighted by Crippen LogP contribution is -2.41. The molecular formula is C16H20F2N2O4S. The van der Waals surface area contributed by atoms with E-state index in [9.17, 15) is 23.2 Å². The molecule has 9 heteroatoms. The standard InChI is InChI=1S/C16H20F2N2O4S/c1-10(2)20-14(21)8-19-15(22)9-24-16(23)5-6-25-11-3-4-12(17)13(18)7-11/h3-4,7,10H,5-6,8-9H2,1-2H3,(H,19,22)(H,20,21). The molecule has 2 amide bonds. The maximum Gasteiger partial charge on any atom is 0.307 e. The number of hydrogen-bond donors (Lipinski definition) is 2. The van der Waals surface area contributed by atoms with Gasteiger partial charge in [0, 0.05) is 16.7 Å². The minimum Gasteiger partial charge on any atom is -0.456 e. The van der Waals surface area contributed by atoms with Crippen LogP contribution in [0.2, 0.25) is 0 Å². The number of ether oxygens (including phenoxy) is 1. The average Bonchev–Trinajstić information content (AvgIpc) is 2.53. The van der Waals surface area contributed by atoms with Crippen molar-refractivity contribution >= 4 is 29.5 Å². The van der Waals surface area contributed by atoms with Crippen molar-refractivity contribution in [2.24, 2.45) is 0 Å². The molecule has 0 atom stereocenters. The van der Waals surface area contributed by atoms with Crippen molar-refractivity contribution in [1.82, 2.24) is 10.6 Å². The van der Waals surface area contributed by atoms with E-state index in [4.69, 9.17) is 4.74 Å². The van der Waals surface area contributed by atoms with Gasteiger partial charge in [-0.05, 0) is 32.0 Å². The van der Waals surface area contributed by atoms with E-state index in [0.717, 1.165) is 23.9 Å². The molecular weight excluding hydrogens is 354 g/mol. The molecule has 0 unspecified atom stereocenters. The summed E-state index contributed by atoms with van der Waals surface area (Å²) in [6.07, 6.45) is 0.00474. The van der Waals surface area contributed by atoms with Gasteiger partial charge in [0.15, 0.2) is 18.2 Å². The van der Waals surface area contributed by atoms with Crippen molar-refractivity contribution in [3.05, 3.63) is 29.8 Å². The number of thioether (sulfide) groups is 1. The lowest BCUT2D eigenvalue weighted by Gasteiger charge is -2.09. The highest BCUT2D eigenvalue weighted by Gasteiger charge is 2.10. The second-order valence-electron chi connectivity index (χ2n) is 5.33. The summed E-state index contributed by atoms with van der Waals surface area (Å²) in [7, 11) is 0. The lowest BCUT2D eigenvalue weighted by molar-refractivity contribution is -0.148. The van der Waals surface area contributed by atoms with E-state index in [0.29, 0.717) is 10.6 Å². The van der Waals surface area contributed by atoms with Crippen molar-refractivity contribution in [2.45, 2.75) is 31.2 Å². The molecule has 1 rings (SSSR count). The lowest BCUT2D eigenvalue weighted by atomic mass is 10.3. The van der Waals surface area contributed by atoms with E-state index in [-0.39, 0.29) is 24.9 Å². The normalized spacial score (nSPS) is 10.4. The number of rotatable bonds is 9. The number of benzene rings is 1. The zero-order valence-electron chi connectivity index (χ0n) is 13.9. The van der Waals surface area contributed by atoms with Gasteiger partial charge in [0.1, 0.15) is 0 Å². The van der Waals surface area contributed by atoms with Crippen molar-refractivity contribution in [1.29, 1.82) is 0 Å². The van der Waals surface area contributed by atoms with Gasteiger partial charge in [-0.25, -0.2) is 8.78 Å². The van der Waals surface area contributed by atoms with Gasteiger partial charge in [-0.1, -0.05) is 0 Å². The smallest absolute Gasteiger partial charge is 0.307 e. The Labute approximate surface area is 148 Å². The number of hydrogen-bond acceptors (Lipinski definition) is 5. The SMILES string of the molecule is CC(C)NC(=O)CNC(=O)COC(=O)CCSc1ccc(F)c(F)c1. The van der Waals surface area contributed by atoms with Crippen LogP contribution in [0.5, 0.6) is 0 Å². The number of halogens is 2. The predicted molar refractivity (Wildman–Crippen MR) is 88.9 cm³/mol.